The number of carbonyl (C=O) groups excluding carboxylic acids is 1. The van der Waals surface area contributed by atoms with Gasteiger partial charge >= 0.3 is 0 Å². The number of amides is 1. The molecule has 5 heteroatoms. The molecule has 0 spiro atoms. The van der Waals surface area contributed by atoms with Crippen LogP contribution in [0.15, 0.2) is 18.3 Å². The van der Waals surface area contributed by atoms with Crippen molar-refractivity contribution in [3.63, 3.8) is 0 Å². The zero-order chi connectivity index (χ0) is 15.4. The second-order valence-corrected chi connectivity index (χ2v) is 6.43. The Morgan fingerprint density at radius 1 is 1.27 bits per heavy atom. The van der Waals surface area contributed by atoms with E-state index in [0.717, 1.165) is 64.3 Å². The molecule has 22 heavy (non-hydrogen) atoms. The van der Waals surface area contributed by atoms with Gasteiger partial charge in [-0.1, -0.05) is 0 Å². The van der Waals surface area contributed by atoms with Gasteiger partial charge in [0.15, 0.2) is 0 Å². The largest absolute Gasteiger partial charge is 0.340 e. The maximum absolute atomic E-state index is 12.5. The molecule has 5 nitrogen and oxygen atoms in total. The first-order valence-corrected chi connectivity index (χ1v) is 8.36. The predicted octanol–water partition coefficient (Wildman–Crippen LogP) is 1.03. The molecule has 1 aromatic heterocycles. The van der Waals surface area contributed by atoms with E-state index in [1.165, 1.54) is 5.56 Å². The summed E-state index contributed by atoms with van der Waals surface area (Å²) in [5, 5.41) is 3.30. The van der Waals surface area contributed by atoms with Crippen LogP contribution < -0.4 is 5.32 Å². The van der Waals surface area contributed by atoms with Gasteiger partial charge in [-0.2, -0.15) is 0 Å². The van der Waals surface area contributed by atoms with Crippen molar-refractivity contribution in [1.29, 1.82) is 0 Å². The van der Waals surface area contributed by atoms with Crippen LogP contribution in [-0.4, -0.2) is 60.0 Å². The third-order valence-electron chi connectivity index (χ3n) is 4.73. The Labute approximate surface area is 132 Å². The number of aromatic nitrogens is 1. The van der Waals surface area contributed by atoms with E-state index in [1.54, 1.807) is 0 Å². The highest BCUT2D eigenvalue weighted by atomic mass is 16.2. The van der Waals surface area contributed by atoms with Gasteiger partial charge in [0.2, 0.25) is 5.91 Å². The molecule has 1 N–H and O–H groups in total. The van der Waals surface area contributed by atoms with Crippen LogP contribution in [0.5, 0.6) is 0 Å². The Kier molecular flexibility index (Phi) is 5.05. The topological polar surface area (TPSA) is 48.5 Å². The van der Waals surface area contributed by atoms with Crippen LogP contribution in [0, 0.1) is 12.8 Å². The van der Waals surface area contributed by atoms with Crippen LogP contribution in [0.25, 0.3) is 0 Å². The number of piperidine rings is 1. The Morgan fingerprint density at radius 2 is 2.00 bits per heavy atom. The quantitative estimate of drug-likeness (QED) is 0.906. The van der Waals surface area contributed by atoms with Crippen molar-refractivity contribution in [2.45, 2.75) is 26.3 Å². The molecule has 0 unspecified atom stereocenters. The van der Waals surface area contributed by atoms with Crippen LogP contribution >= 0.6 is 0 Å². The average molecular weight is 302 g/mol. The van der Waals surface area contributed by atoms with E-state index in [-0.39, 0.29) is 5.92 Å². The van der Waals surface area contributed by atoms with Gasteiger partial charge in [-0.3, -0.25) is 14.7 Å². The lowest BCUT2D eigenvalue weighted by atomic mass is 9.94. The molecule has 1 amide bonds. The third-order valence-corrected chi connectivity index (χ3v) is 4.73. The van der Waals surface area contributed by atoms with E-state index in [1.807, 2.05) is 18.0 Å². The van der Waals surface area contributed by atoms with E-state index >= 15 is 0 Å². The number of rotatable bonds is 3. The Hall–Kier alpha value is -1.46. The summed E-state index contributed by atoms with van der Waals surface area (Å²) in [4.78, 5) is 21.3. The number of nitrogens with one attached hydrogen (secondary N) is 1. The molecule has 0 aliphatic carbocycles. The fraction of sp³-hybridized carbons (Fsp3) is 0.647. The number of hydrogen-bond acceptors (Lipinski definition) is 4. The van der Waals surface area contributed by atoms with Crippen LogP contribution in [0.3, 0.4) is 0 Å². The molecule has 2 fully saturated rings. The van der Waals surface area contributed by atoms with Crippen molar-refractivity contribution >= 4 is 5.91 Å². The number of aryl methyl sites for hydroxylation is 1. The lowest BCUT2D eigenvalue weighted by molar-refractivity contribution is -0.137. The second kappa shape index (κ2) is 7.20. The summed E-state index contributed by atoms with van der Waals surface area (Å²) in [5.74, 6) is 0.606. The first kappa shape index (κ1) is 15.4. The molecule has 0 saturated carbocycles. The zero-order valence-corrected chi connectivity index (χ0v) is 13.4. The molecule has 120 valence electrons. The van der Waals surface area contributed by atoms with Gasteiger partial charge in [-0.15, -0.1) is 0 Å². The zero-order valence-electron chi connectivity index (χ0n) is 13.4. The summed E-state index contributed by atoms with van der Waals surface area (Å²) in [6, 6.07) is 4.24. The highest BCUT2D eigenvalue weighted by Crippen LogP contribution is 2.21. The van der Waals surface area contributed by atoms with E-state index in [2.05, 4.69) is 27.3 Å². The van der Waals surface area contributed by atoms with Gasteiger partial charge in [-0.05, 0) is 50.6 Å². The van der Waals surface area contributed by atoms with Gasteiger partial charge in [0.25, 0.3) is 0 Å². The second-order valence-electron chi connectivity index (χ2n) is 6.43. The smallest absolute Gasteiger partial charge is 0.225 e. The Morgan fingerprint density at radius 3 is 2.68 bits per heavy atom. The SMILES string of the molecule is Cc1cc(CN2CCC(C(=O)N3CCNCC3)CC2)ccn1. The van der Waals surface area contributed by atoms with Crippen LogP contribution in [0.2, 0.25) is 0 Å². The number of pyridine rings is 1. The summed E-state index contributed by atoms with van der Waals surface area (Å²) in [6.07, 6.45) is 3.87. The van der Waals surface area contributed by atoms with E-state index in [9.17, 15) is 4.79 Å². The number of nitrogens with zero attached hydrogens (tertiary/aromatic N) is 3. The van der Waals surface area contributed by atoms with Gasteiger partial charge in [0.1, 0.15) is 0 Å². The van der Waals surface area contributed by atoms with Crippen molar-refractivity contribution in [2.24, 2.45) is 5.92 Å². The van der Waals surface area contributed by atoms with Crippen molar-refractivity contribution in [2.75, 3.05) is 39.3 Å². The van der Waals surface area contributed by atoms with Crippen molar-refractivity contribution in [1.82, 2.24) is 20.1 Å². The molecule has 2 aliphatic heterocycles. The monoisotopic (exact) mass is 302 g/mol. The standard InChI is InChI=1S/C17H26N4O/c1-14-12-15(2-5-19-14)13-20-8-3-16(4-9-20)17(22)21-10-6-18-7-11-21/h2,5,12,16,18H,3-4,6-11,13H2,1H3. The summed E-state index contributed by atoms with van der Waals surface area (Å²) in [7, 11) is 0. The van der Waals surface area contributed by atoms with E-state index < -0.39 is 0 Å². The first-order valence-electron chi connectivity index (χ1n) is 8.36. The number of hydrogen-bond donors (Lipinski definition) is 1. The first-order chi connectivity index (χ1) is 10.7. The molecule has 2 saturated heterocycles. The number of piperazine rings is 1. The molecule has 1 aromatic rings. The van der Waals surface area contributed by atoms with Gasteiger partial charge < -0.3 is 10.2 Å². The summed E-state index contributed by atoms with van der Waals surface area (Å²) in [6.45, 7) is 8.65. The minimum Gasteiger partial charge on any atom is -0.340 e. The fourth-order valence-corrected chi connectivity index (χ4v) is 3.44. The third kappa shape index (κ3) is 3.84. The summed E-state index contributed by atoms with van der Waals surface area (Å²) < 4.78 is 0. The Balaban J connectivity index is 1.48. The molecule has 2 aliphatic rings. The van der Waals surface area contributed by atoms with Gasteiger partial charge in [0, 0.05) is 50.5 Å². The minimum absolute atomic E-state index is 0.230. The molecule has 0 bridgehead atoms. The van der Waals surface area contributed by atoms with Crippen LogP contribution in [0.4, 0.5) is 0 Å². The lowest BCUT2D eigenvalue weighted by Crippen LogP contribution is -2.50. The average Bonchev–Trinajstić information content (AvgIpc) is 2.56. The predicted molar refractivity (Wildman–Crippen MR) is 86.4 cm³/mol. The molecule has 3 rings (SSSR count). The fourth-order valence-electron chi connectivity index (χ4n) is 3.44. The molecule has 3 heterocycles. The summed E-state index contributed by atoms with van der Waals surface area (Å²) in [5.41, 5.74) is 2.39. The van der Waals surface area contributed by atoms with Crippen molar-refractivity contribution < 1.29 is 4.79 Å². The number of likely N-dealkylation sites (tertiary alicyclic amines) is 1. The van der Waals surface area contributed by atoms with Crippen molar-refractivity contribution in [3.05, 3.63) is 29.6 Å². The van der Waals surface area contributed by atoms with Crippen LogP contribution in [0.1, 0.15) is 24.1 Å². The minimum atomic E-state index is 0.230. The van der Waals surface area contributed by atoms with Gasteiger partial charge in [-0.25, -0.2) is 0 Å². The molecular formula is C17H26N4O. The normalized spacial score (nSPS) is 21.0. The van der Waals surface area contributed by atoms with E-state index in [0.29, 0.717) is 5.91 Å². The highest BCUT2D eigenvalue weighted by molar-refractivity contribution is 5.79. The summed E-state index contributed by atoms with van der Waals surface area (Å²) >= 11 is 0. The maximum atomic E-state index is 12.5. The molecule has 0 atom stereocenters. The maximum Gasteiger partial charge on any atom is 0.225 e. The molecule has 0 radical (unpaired) electrons. The number of carbonyl (C=O) groups is 1. The highest BCUT2D eigenvalue weighted by Gasteiger charge is 2.29. The molecular weight excluding hydrogens is 276 g/mol. The van der Waals surface area contributed by atoms with E-state index in [4.69, 9.17) is 0 Å². The van der Waals surface area contributed by atoms with Crippen LogP contribution in [-0.2, 0) is 11.3 Å². The van der Waals surface area contributed by atoms with Gasteiger partial charge in [0.05, 0.1) is 0 Å². The lowest BCUT2D eigenvalue weighted by Gasteiger charge is -2.35. The Bertz CT molecular complexity index is 505. The molecule has 0 aromatic carbocycles. The van der Waals surface area contributed by atoms with Crippen molar-refractivity contribution in [3.8, 4) is 0 Å².